The molecule has 1 N–H and O–H groups in total. The summed E-state index contributed by atoms with van der Waals surface area (Å²) < 4.78 is 23.5. The molecule has 1 atom stereocenters. The van der Waals surface area contributed by atoms with Gasteiger partial charge in [0.05, 0.1) is 11.5 Å². The Kier molecular flexibility index (Phi) is 6.36. The molecule has 0 aliphatic carbocycles. The van der Waals surface area contributed by atoms with Gasteiger partial charge in [-0.2, -0.15) is 0 Å². The third-order valence-corrected chi connectivity index (χ3v) is 5.98. The summed E-state index contributed by atoms with van der Waals surface area (Å²) in [6.45, 7) is 6.26. The molecule has 1 aromatic rings. The molecule has 1 fully saturated rings. The Bertz CT molecular complexity index is 741. The predicted molar refractivity (Wildman–Crippen MR) is 96.9 cm³/mol. The number of amides is 2. The number of nitrogens with one attached hydrogen (secondary N) is 1. The Hall–Kier alpha value is -2.15. The summed E-state index contributed by atoms with van der Waals surface area (Å²) in [5.74, 6) is -0.209. The third kappa shape index (κ3) is 5.16. The van der Waals surface area contributed by atoms with Gasteiger partial charge < -0.3 is 10.2 Å². The monoisotopic (exact) mass is 364 g/mol. The van der Waals surface area contributed by atoms with Crippen LogP contribution in [-0.2, 0) is 21.2 Å². The van der Waals surface area contributed by atoms with Crippen molar-refractivity contribution < 1.29 is 18.0 Å². The first-order valence-corrected chi connectivity index (χ1v) is 10.2. The molecule has 7 heteroatoms. The first-order valence-electron chi connectivity index (χ1n) is 8.37. The second kappa shape index (κ2) is 8.29. The van der Waals surface area contributed by atoms with E-state index in [0.717, 1.165) is 12.0 Å². The van der Waals surface area contributed by atoms with Crippen molar-refractivity contribution in [1.82, 2.24) is 10.2 Å². The van der Waals surface area contributed by atoms with Gasteiger partial charge in [0.2, 0.25) is 5.91 Å². The summed E-state index contributed by atoms with van der Waals surface area (Å²) in [6.07, 6.45) is 2.48. The van der Waals surface area contributed by atoms with E-state index in [2.05, 4.69) is 11.9 Å². The number of carbonyl (C=O) groups excluding carboxylic acids is 2. The van der Waals surface area contributed by atoms with Gasteiger partial charge in [-0.1, -0.05) is 25.6 Å². The lowest BCUT2D eigenvalue weighted by Crippen LogP contribution is -2.41. The summed E-state index contributed by atoms with van der Waals surface area (Å²) in [5.41, 5.74) is 1.40. The third-order valence-electron chi connectivity index (χ3n) is 4.23. The van der Waals surface area contributed by atoms with E-state index >= 15 is 0 Å². The van der Waals surface area contributed by atoms with E-state index in [4.69, 9.17) is 0 Å². The molecule has 6 nitrogen and oxygen atoms in total. The highest BCUT2D eigenvalue weighted by molar-refractivity contribution is 7.91. The molecule has 1 unspecified atom stereocenters. The molecule has 0 bridgehead atoms. The van der Waals surface area contributed by atoms with Gasteiger partial charge in [-0.15, -0.1) is 0 Å². The maximum atomic E-state index is 12.8. The molecule has 2 amide bonds. The van der Waals surface area contributed by atoms with Gasteiger partial charge in [-0.3, -0.25) is 9.59 Å². The van der Waals surface area contributed by atoms with Crippen LogP contribution in [0.25, 0.3) is 0 Å². The largest absolute Gasteiger partial charge is 0.348 e. The highest BCUT2D eigenvalue weighted by atomic mass is 32.2. The normalized spacial score (nSPS) is 18.5. The molecule has 1 aliphatic rings. The van der Waals surface area contributed by atoms with Crippen molar-refractivity contribution in [2.24, 2.45) is 0 Å². The summed E-state index contributed by atoms with van der Waals surface area (Å²) >= 11 is 0. The van der Waals surface area contributed by atoms with Crippen LogP contribution in [0.1, 0.15) is 35.7 Å². The highest BCUT2D eigenvalue weighted by Gasteiger charge is 2.34. The zero-order valence-electron chi connectivity index (χ0n) is 14.4. The first-order chi connectivity index (χ1) is 11.9. The second-order valence-corrected chi connectivity index (χ2v) is 8.40. The lowest BCUT2D eigenvalue weighted by molar-refractivity contribution is -0.116. The number of hydrogen-bond acceptors (Lipinski definition) is 4. The maximum Gasteiger partial charge on any atom is 0.254 e. The fourth-order valence-corrected chi connectivity index (χ4v) is 4.64. The Morgan fingerprint density at radius 1 is 1.32 bits per heavy atom. The molecule has 2 rings (SSSR count). The van der Waals surface area contributed by atoms with Gasteiger partial charge in [-0.05, 0) is 36.6 Å². The molecule has 0 saturated carbocycles. The van der Waals surface area contributed by atoms with Gasteiger partial charge in [0.15, 0.2) is 9.84 Å². The van der Waals surface area contributed by atoms with Gasteiger partial charge in [0.25, 0.3) is 5.91 Å². The zero-order valence-corrected chi connectivity index (χ0v) is 15.2. The van der Waals surface area contributed by atoms with Crippen LogP contribution in [0.15, 0.2) is 36.9 Å². The van der Waals surface area contributed by atoms with Crippen LogP contribution in [-0.4, -0.2) is 49.2 Å². The van der Waals surface area contributed by atoms with E-state index in [-0.39, 0.29) is 29.4 Å². The van der Waals surface area contributed by atoms with E-state index in [9.17, 15) is 18.0 Å². The van der Waals surface area contributed by atoms with Crippen molar-refractivity contribution in [3.63, 3.8) is 0 Å². The van der Waals surface area contributed by atoms with E-state index in [1.165, 1.54) is 6.08 Å². The molecule has 0 spiro atoms. The summed E-state index contributed by atoms with van der Waals surface area (Å²) in [6, 6.07) is 6.75. The van der Waals surface area contributed by atoms with Crippen LogP contribution < -0.4 is 5.32 Å². The standard InChI is InChI=1S/C18H24N2O4S/c1-3-10-20(16-9-11-25(23,24)13-16)18(22)15-7-5-14(6-8-15)12-19-17(21)4-2/h4-8,16H,2-3,9-13H2,1H3,(H,19,21). The molecule has 25 heavy (non-hydrogen) atoms. The van der Waals surface area contributed by atoms with Crippen molar-refractivity contribution >= 4 is 21.7 Å². The highest BCUT2D eigenvalue weighted by Crippen LogP contribution is 2.20. The SMILES string of the molecule is C=CC(=O)NCc1ccc(C(=O)N(CCC)C2CCS(=O)(=O)C2)cc1. The Morgan fingerprint density at radius 2 is 2.00 bits per heavy atom. The van der Waals surface area contributed by atoms with E-state index in [1.807, 2.05) is 6.92 Å². The van der Waals surface area contributed by atoms with Crippen LogP contribution >= 0.6 is 0 Å². The van der Waals surface area contributed by atoms with Crippen molar-refractivity contribution in [3.05, 3.63) is 48.0 Å². The number of nitrogens with zero attached hydrogens (tertiary/aromatic N) is 1. The average Bonchev–Trinajstić information content (AvgIpc) is 2.97. The number of hydrogen-bond donors (Lipinski definition) is 1. The van der Waals surface area contributed by atoms with Crippen LogP contribution in [0, 0.1) is 0 Å². The molecule has 1 aliphatic heterocycles. The lowest BCUT2D eigenvalue weighted by atomic mass is 10.1. The zero-order chi connectivity index (χ0) is 18.4. The summed E-state index contributed by atoms with van der Waals surface area (Å²) in [7, 11) is -3.04. The van der Waals surface area contributed by atoms with E-state index in [0.29, 0.717) is 25.1 Å². The first kappa shape index (κ1) is 19.2. The maximum absolute atomic E-state index is 12.8. The Labute approximate surface area is 148 Å². The Morgan fingerprint density at radius 3 is 2.52 bits per heavy atom. The topological polar surface area (TPSA) is 83.6 Å². The molecule has 1 aromatic carbocycles. The fourth-order valence-electron chi connectivity index (χ4n) is 2.90. The van der Waals surface area contributed by atoms with Crippen LogP contribution in [0.4, 0.5) is 0 Å². The van der Waals surface area contributed by atoms with Gasteiger partial charge in [0.1, 0.15) is 0 Å². The molecule has 136 valence electrons. The fraction of sp³-hybridized carbons (Fsp3) is 0.444. The molecule has 0 radical (unpaired) electrons. The van der Waals surface area contributed by atoms with Crippen molar-refractivity contribution in [2.45, 2.75) is 32.4 Å². The molecule has 1 heterocycles. The van der Waals surface area contributed by atoms with Crippen molar-refractivity contribution in [1.29, 1.82) is 0 Å². The van der Waals surface area contributed by atoms with Crippen molar-refractivity contribution in [3.8, 4) is 0 Å². The smallest absolute Gasteiger partial charge is 0.254 e. The quantitative estimate of drug-likeness (QED) is 0.744. The van der Waals surface area contributed by atoms with Crippen LogP contribution in [0.2, 0.25) is 0 Å². The minimum Gasteiger partial charge on any atom is -0.348 e. The van der Waals surface area contributed by atoms with E-state index in [1.54, 1.807) is 29.2 Å². The molecular weight excluding hydrogens is 340 g/mol. The van der Waals surface area contributed by atoms with Gasteiger partial charge in [0, 0.05) is 24.7 Å². The number of benzene rings is 1. The predicted octanol–water partition coefficient (Wildman–Crippen LogP) is 1.53. The van der Waals surface area contributed by atoms with E-state index < -0.39 is 9.84 Å². The van der Waals surface area contributed by atoms with Crippen molar-refractivity contribution in [2.75, 3.05) is 18.1 Å². The molecule has 1 saturated heterocycles. The average molecular weight is 364 g/mol. The summed E-state index contributed by atoms with van der Waals surface area (Å²) in [4.78, 5) is 25.7. The summed E-state index contributed by atoms with van der Waals surface area (Å²) in [5, 5.41) is 2.68. The van der Waals surface area contributed by atoms with Crippen LogP contribution in [0.3, 0.4) is 0 Å². The molecular formula is C18H24N2O4S. The minimum absolute atomic E-state index is 0.0460. The lowest BCUT2D eigenvalue weighted by Gasteiger charge is -2.28. The number of carbonyl (C=O) groups is 2. The van der Waals surface area contributed by atoms with Gasteiger partial charge in [-0.25, -0.2) is 8.42 Å². The van der Waals surface area contributed by atoms with Crippen LogP contribution in [0.5, 0.6) is 0 Å². The second-order valence-electron chi connectivity index (χ2n) is 6.17. The van der Waals surface area contributed by atoms with Gasteiger partial charge >= 0.3 is 0 Å². The molecule has 0 aromatic heterocycles. The number of sulfone groups is 1. The number of rotatable bonds is 7. The minimum atomic E-state index is -3.04. The Balaban J connectivity index is 2.08.